The van der Waals surface area contributed by atoms with E-state index in [2.05, 4.69) is 15.9 Å². The zero-order valence-electron chi connectivity index (χ0n) is 10.8. The lowest BCUT2D eigenvalue weighted by atomic mass is 10.2. The summed E-state index contributed by atoms with van der Waals surface area (Å²) in [5.74, 6) is 0.537. The standard InChI is InChI=1S/C15H15BrFNO2/c16-12-4-6-13(7-5-12)19-8-9-20-15-11(10-18)2-1-3-14(15)17/h1-7H,8-10,18H2. The Bertz CT molecular complexity index is 560. The Morgan fingerprint density at radius 1 is 1.00 bits per heavy atom. The van der Waals surface area contributed by atoms with E-state index in [1.807, 2.05) is 24.3 Å². The molecular weight excluding hydrogens is 325 g/mol. The van der Waals surface area contributed by atoms with Gasteiger partial charge in [-0.25, -0.2) is 4.39 Å². The van der Waals surface area contributed by atoms with Crippen molar-refractivity contribution >= 4 is 15.9 Å². The Kier molecular flexibility index (Phi) is 5.38. The minimum atomic E-state index is -0.406. The molecule has 0 fully saturated rings. The van der Waals surface area contributed by atoms with Crippen molar-refractivity contribution in [3.05, 3.63) is 58.3 Å². The van der Waals surface area contributed by atoms with E-state index in [1.54, 1.807) is 12.1 Å². The summed E-state index contributed by atoms with van der Waals surface area (Å²) in [5.41, 5.74) is 6.19. The fourth-order valence-electron chi connectivity index (χ4n) is 1.71. The monoisotopic (exact) mass is 339 g/mol. The number of halogens is 2. The highest BCUT2D eigenvalue weighted by molar-refractivity contribution is 9.10. The van der Waals surface area contributed by atoms with E-state index >= 15 is 0 Å². The average Bonchev–Trinajstić information content (AvgIpc) is 2.46. The van der Waals surface area contributed by atoms with Gasteiger partial charge in [0.2, 0.25) is 0 Å². The average molecular weight is 340 g/mol. The number of hydrogen-bond acceptors (Lipinski definition) is 3. The second-order valence-electron chi connectivity index (χ2n) is 4.08. The lowest BCUT2D eigenvalue weighted by Gasteiger charge is -2.12. The first kappa shape index (κ1) is 14.8. The van der Waals surface area contributed by atoms with Gasteiger partial charge in [0.05, 0.1) is 0 Å². The zero-order valence-corrected chi connectivity index (χ0v) is 12.4. The topological polar surface area (TPSA) is 44.5 Å². The SMILES string of the molecule is NCc1cccc(F)c1OCCOc1ccc(Br)cc1. The van der Waals surface area contributed by atoms with E-state index in [4.69, 9.17) is 15.2 Å². The van der Waals surface area contributed by atoms with Crippen molar-refractivity contribution in [2.45, 2.75) is 6.54 Å². The lowest BCUT2D eigenvalue weighted by molar-refractivity contribution is 0.210. The molecule has 0 aliphatic heterocycles. The molecule has 106 valence electrons. The van der Waals surface area contributed by atoms with Crippen LogP contribution in [0.2, 0.25) is 0 Å². The van der Waals surface area contributed by atoms with Gasteiger partial charge in [-0.2, -0.15) is 0 Å². The molecule has 0 atom stereocenters. The van der Waals surface area contributed by atoms with Crippen LogP contribution in [0.5, 0.6) is 11.5 Å². The second kappa shape index (κ2) is 7.26. The molecule has 20 heavy (non-hydrogen) atoms. The van der Waals surface area contributed by atoms with Gasteiger partial charge in [-0.05, 0) is 30.3 Å². The summed E-state index contributed by atoms with van der Waals surface area (Å²) < 4.78 is 25.5. The van der Waals surface area contributed by atoms with Crippen LogP contribution in [0.4, 0.5) is 4.39 Å². The predicted octanol–water partition coefficient (Wildman–Crippen LogP) is 3.50. The maximum Gasteiger partial charge on any atom is 0.165 e. The third-order valence-electron chi connectivity index (χ3n) is 2.68. The molecule has 2 N–H and O–H groups in total. The largest absolute Gasteiger partial charge is 0.490 e. The first-order valence-corrected chi connectivity index (χ1v) is 6.98. The van der Waals surface area contributed by atoms with Gasteiger partial charge >= 0.3 is 0 Å². The van der Waals surface area contributed by atoms with Crippen molar-refractivity contribution < 1.29 is 13.9 Å². The fourth-order valence-corrected chi connectivity index (χ4v) is 1.97. The molecule has 0 heterocycles. The summed E-state index contributed by atoms with van der Waals surface area (Å²) in [7, 11) is 0. The molecule has 0 saturated heterocycles. The molecule has 0 radical (unpaired) electrons. The Hall–Kier alpha value is -1.59. The first-order chi connectivity index (χ1) is 9.70. The van der Waals surface area contributed by atoms with Crippen LogP contribution in [0.15, 0.2) is 46.9 Å². The number of ether oxygens (including phenoxy) is 2. The van der Waals surface area contributed by atoms with Crippen molar-refractivity contribution in [1.29, 1.82) is 0 Å². The van der Waals surface area contributed by atoms with Crippen LogP contribution in [-0.4, -0.2) is 13.2 Å². The molecule has 0 saturated carbocycles. The maximum atomic E-state index is 13.6. The number of benzene rings is 2. The summed E-state index contributed by atoms with van der Waals surface area (Å²) >= 11 is 3.35. The molecular formula is C15H15BrFNO2. The Morgan fingerprint density at radius 3 is 2.40 bits per heavy atom. The summed E-state index contributed by atoms with van der Waals surface area (Å²) in [6.07, 6.45) is 0. The highest BCUT2D eigenvalue weighted by Gasteiger charge is 2.08. The van der Waals surface area contributed by atoms with Gasteiger partial charge in [-0.3, -0.25) is 0 Å². The predicted molar refractivity (Wildman–Crippen MR) is 79.4 cm³/mol. The van der Waals surface area contributed by atoms with Gasteiger partial charge < -0.3 is 15.2 Å². The molecule has 5 heteroatoms. The van der Waals surface area contributed by atoms with Gasteiger partial charge in [0, 0.05) is 16.6 Å². The molecule has 3 nitrogen and oxygen atoms in total. The summed E-state index contributed by atoms with van der Waals surface area (Å²) in [5, 5.41) is 0. The fraction of sp³-hybridized carbons (Fsp3) is 0.200. The number of rotatable bonds is 6. The first-order valence-electron chi connectivity index (χ1n) is 6.19. The van der Waals surface area contributed by atoms with Crippen molar-refractivity contribution in [3.63, 3.8) is 0 Å². The molecule has 2 aromatic rings. The van der Waals surface area contributed by atoms with Gasteiger partial charge in [0.25, 0.3) is 0 Å². The van der Waals surface area contributed by atoms with E-state index in [9.17, 15) is 4.39 Å². The molecule has 2 rings (SSSR count). The third kappa shape index (κ3) is 3.95. The number of para-hydroxylation sites is 1. The minimum Gasteiger partial charge on any atom is -0.490 e. The molecule has 0 unspecified atom stereocenters. The van der Waals surface area contributed by atoms with Gasteiger partial charge in [-0.1, -0.05) is 28.1 Å². The molecule has 0 aliphatic rings. The van der Waals surface area contributed by atoms with Crippen molar-refractivity contribution in [1.82, 2.24) is 0 Å². The smallest absolute Gasteiger partial charge is 0.165 e. The third-order valence-corrected chi connectivity index (χ3v) is 3.21. The zero-order chi connectivity index (χ0) is 14.4. The summed E-state index contributed by atoms with van der Waals surface area (Å²) in [6.45, 7) is 0.824. The van der Waals surface area contributed by atoms with Crippen LogP contribution in [0.1, 0.15) is 5.56 Å². The van der Waals surface area contributed by atoms with E-state index in [1.165, 1.54) is 6.07 Å². The van der Waals surface area contributed by atoms with Crippen molar-refractivity contribution in [2.24, 2.45) is 5.73 Å². The number of hydrogen-bond donors (Lipinski definition) is 1. The Balaban J connectivity index is 1.86. The Morgan fingerprint density at radius 2 is 1.70 bits per heavy atom. The van der Waals surface area contributed by atoms with E-state index in [-0.39, 0.29) is 18.9 Å². The normalized spacial score (nSPS) is 10.3. The van der Waals surface area contributed by atoms with Gasteiger partial charge in [0.1, 0.15) is 19.0 Å². The molecule has 0 aromatic heterocycles. The highest BCUT2D eigenvalue weighted by Crippen LogP contribution is 2.22. The van der Waals surface area contributed by atoms with Crippen LogP contribution in [-0.2, 0) is 6.54 Å². The van der Waals surface area contributed by atoms with Crippen LogP contribution >= 0.6 is 15.9 Å². The summed E-state index contributed by atoms with van der Waals surface area (Å²) in [6, 6.07) is 12.2. The van der Waals surface area contributed by atoms with Crippen molar-refractivity contribution in [3.8, 4) is 11.5 Å². The van der Waals surface area contributed by atoms with Crippen LogP contribution < -0.4 is 15.2 Å². The maximum absolute atomic E-state index is 13.6. The van der Waals surface area contributed by atoms with Crippen LogP contribution in [0, 0.1) is 5.82 Å². The molecule has 0 aliphatic carbocycles. The second-order valence-corrected chi connectivity index (χ2v) is 5.00. The van der Waals surface area contributed by atoms with Gasteiger partial charge in [-0.15, -0.1) is 0 Å². The molecule has 0 bridgehead atoms. The molecule has 0 spiro atoms. The van der Waals surface area contributed by atoms with Gasteiger partial charge in [0.15, 0.2) is 11.6 Å². The van der Waals surface area contributed by atoms with E-state index in [0.717, 1.165) is 10.2 Å². The van der Waals surface area contributed by atoms with Crippen LogP contribution in [0.3, 0.4) is 0 Å². The molecule has 2 aromatic carbocycles. The number of nitrogens with two attached hydrogens (primary N) is 1. The minimum absolute atomic E-state index is 0.203. The molecule has 0 amide bonds. The quantitative estimate of drug-likeness (QED) is 0.819. The van der Waals surface area contributed by atoms with Crippen molar-refractivity contribution in [2.75, 3.05) is 13.2 Å². The van der Waals surface area contributed by atoms with E-state index in [0.29, 0.717) is 12.2 Å². The van der Waals surface area contributed by atoms with Crippen LogP contribution in [0.25, 0.3) is 0 Å². The summed E-state index contributed by atoms with van der Waals surface area (Å²) in [4.78, 5) is 0. The highest BCUT2D eigenvalue weighted by atomic mass is 79.9. The van der Waals surface area contributed by atoms with E-state index < -0.39 is 5.82 Å². The Labute approximate surface area is 125 Å². The lowest BCUT2D eigenvalue weighted by Crippen LogP contribution is -2.12.